The molecule has 2 amide bonds. The van der Waals surface area contributed by atoms with Gasteiger partial charge in [0.2, 0.25) is 21.8 Å². The maximum atomic E-state index is 12.2. The zero-order valence-corrected chi connectivity index (χ0v) is 11.9. The van der Waals surface area contributed by atoms with Crippen LogP contribution in [-0.2, 0) is 19.6 Å². The second kappa shape index (κ2) is 5.09. The Bertz CT molecular complexity index is 488. The lowest BCUT2D eigenvalue weighted by Crippen LogP contribution is -2.46. The molecule has 0 saturated carbocycles. The number of nitrogens with zero attached hydrogens (tertiary/aromatic N) is 2. The molecular weight excluding hydrogens is 270 g/mol. The molecule has 0 aromatic rings. The third kappa shape index (κ3) is 2.89. The summed E-state index contributed by atoms with van der Waals surface area (Å²) in [5.74, 6) is -1.00. The maximum Gasteiger partial charge on any atom is 0.239 e. The zero-order chi connectivity index (χ0) is 14.2. The van der Waals surface area contributed by atoms with Crippen LogP contribution in [0.1, 0.15) is 19.3 Å². The summed E-state index contributed by atoms with van der Waals surface area (Å²) in [6.07, 6.45) is 1.86. The topological polar surface area (TPSA) is 86.8 Å². The first-order valence-corrected chi connectivity index (χ1v) is 7.90. The van der Waals surface area contributed by atoms with Crippen molar-refractivity contribution in [3.8, 4) is 0 Å². The van der Waals surface area contributed by atoms with Crippen molar-refractivity contribution in [2.45, 2.75) is 31.3 Å². The van der Waals surface area contributed by atoms with Gasteiger partial charge in [-0.3, -0.25) is 9.59 Å². The molecule has 2 bridgehead atoms. The Hall–Kier alpha value is -1.15. The molecule has 2 aliphatic heterocycles. The highest BCUT2D eigenvalue weighted by atomic mass is 32.2. The second-order valence-electron chi connectivity index (χ2n) is 5.23. The number of fused-ring (bicyclic) bond motifs is 2. The third-order valence-corrected chi connectivity index (χ3v) is 5.45. The van der Waals surface area contributed by atoms with Gasteiger partial charge in [-0.1, -0.05) is 0 Å². The summed E-state index contributed by atoms with van der Waals surface area (Å²) in [6, 6.07) is -0.223. The zero-order valence-electron chi connectivity index (χ0n) is 11.1. The minimum Gasteiger partial charge on any atom is -0.354 e. The van der Waals surface area contributed by atoms with Gasteiger partial charge >= 0.3 is 0 Å². The van der Waals surface area contributed by atoms with Crippen LogP contribution >= 0.6 is 0 Å². The molecule has 2 atom stereocenters. The minimum absolute atomic E-state index is 0.0682. The van der Waals surface area contributed by atoms with Crippen LogP contribution in [0.4, 0.5) is 0 Å². The van der Waals surface area contributed by atoms with Gasteiger partial charge in [-0.15, -0.1) is 0 Å². The van der Waals surface area contributed by atoms with E-state index in [0.717, 1.165) is 17.1 Å². The third-order valence-electron chi connectivity index (χ3n) is 3.73. The van der Waals surface area contributed by atoms with Gasteiger partial charge < -0.3 is 10.2 Å². The largest absolute Gasteiger partial charge is 0.354 e. The predicted octanol–water partition coefficient (Wildman–Crippen LogP) is -1.24. The van der Waals surface area contributed by atoms with Crippen molar-refractivity contribution < 1.29 is 18.0 Å². The molecule has 0 aromatic carbocycles. The summed E-state index contributed by atoms with van der Waals surface area (Å²) in [5, 5.41) is 2.75. The van der Waals surface area contributed by atoms with Crippen molar-refractivity contribution in [3.05, 3.63) is 0 Å². The Morgan fingerprint density at radius 3 is 2.63 bits per heavy atom. The van der Waals surface area contributed by atoms with Crippen LogP contribution in [0.2, 0.25) is 0 Å². The van der Waals surface area contributed by atoms with Crippen LogP contribution in [0.25, 0.3) is 0 Å². The Morgan fingerprint density at radius 2 is 2.00 bits per heavy atom. The van der Waals surface area contributed by atoms with Gasteiger partial charge in [-0.2, -0.15) is 0 Å². The number of hydrogen-bond donors (Lipinski definition) is 1. The maximum absolute atomic E-state index is 12.2. The molecule has 108 valence electrons. The van der Waals surface area contributed by atoms with Crippen molar-refractivity contribution in [2.24, 2.45) is 0 Å². The lowest BCUT2D eigenvalue weighted by molar-refractivity contribution is -0.131. The Morgan fingerprint density at radius 1 is 1.37 bits per heavy atom. The molecular formula is C11H19N3O4S. The number of nitrogens with one attached hydrogen (secondary N) is 1. The number of carbonyl (C=O) groups is 2. The Labute approximate surface area is 113 Å². The highest BCUT2D eigenvalue weighted by Crippen LogP contribution is 2.28. The van der Waals surface area contributed by atoms with Gasteiger partial charge in [-0.05, 0) is 12.8 Å². The average Bonchev–Trinajstić information content (AvgIpc) is 2.59. The first-order chi connectivity index (χ1) is 8.81. The summed E-state index contributed by atoms with van der Waals surface area (Å²) < 4.78 is 24.6. The molecule has 1 N–H and O–H groups in total. The SMILES string of the molecule is CN(C)S(=O)(=O)CC(=O)N1C2CCC1CC(=O)NC2. The molecule has 8 heteroatoms. The first kappa shape index (κ1) is 14.3. The lowest BCUT2D eigenvalue weighted by atomic mass is 10.1. The number of amides is 2. The minimum atomic E-state index is -3.55. The molecule has 0 radical (unpaired) electrons. The first-order valence-electron chi connectivity index (χ1n) is 6.29. The van der Waals surface area contributed by atoms with Gasteiger partial charge in [0.15, 0.2) is 0 Å². The van der Waals surface area contributed by atoms with Gasteiger partial charge in [0.05, 0.1) is 0 Å². The molecule has 0 aliphatic carbocycles. The highest BCUT2D eigenvalue weighted by Gasteiger charge is 2.41. The van der Waals surface area contributed by atoms with E-state index in [1.807, 2.05) is 0 Å². The molecule has 19 heavy (non-hydrogen) atoms. The van der Waals surface area contributed by atoms with Crippen LogP contribution in [0.15, 0.2) is 0 Å². The summed E-state index contributed by atoms with van der Waals surface area (Å²) >= 11 is 0. The summed E-state index contributed by atoms with van der Waals surface area (Å²) in [7, 11) is -0.740. The van der Waals surface area contributed by atoms with Crippen molar-refractivity contribution in [1.82, 2.24) is 14.5 Å². The fourth-order valence-corrected chi connectivity index (χ4v) is 3.37. The van der Waals surface area contributed by atoms with Crippen molar-refractivity contribution >= 4 is 21.8 Å². The van der Waals surface area contributed by atoms with Gasteiger partial charge in [0, 0.05) is 39.1 Å². The normalized spacial score (nSPS) is 27.3. The molecule has 2 unspecified atom stereocenters. The quantitative estimate of drug-likeness (QED) is 0.704. The van der Waals surface area contributed by atoms with Gasteiger partial charge in [0.1, 0.15) is 5.75 Å². The van der Waals surface area contributed by atoms with Crippen molar-refractivity contribution in [1.29, 1.82) is 0 Å². The van der Waals surface area contributed by atoms with Crippen molar-refractivity contribution in [3.63, 3.8) is 0 Å². The number of rotatable bonds is 3. The van der Waals surface area contributed by atoms with Crippen LogP contribution in [0.5, 0.6) is 0 Å². The van der Waals surface area contributed by atoms with E-state index in [4.69, 9.17) is 0 Å². The van der Waals surface area contributed by atoms with E-state index in [1.54, 1.807) is 4.90 Å². The molecule has 2 heterocycles. The van der Waals surface area contributed by atoms with E-state index in [-0.39, 0.29) is 24.4 Å². The molecule has 2 aliphatic rings. The van der Waals surface area contributed by atoms with E-state index >= 15 is 0 Å². The predicted molar refractivity (Wildman–Crippen MR) is 68.8 cm³/mol. The summed E-state index contributed by atoms with van der Waals surface area (Å²) in [4.78, 5) is 25.3. The fourth-order valence-electron chi connectivity index (χ4n) is 2.65. The standard InChI is InChI=1S/C11H19N3O4S/c1-13(2)19(17,18)7-11(16)14-8-3-4-9(14)6-12-10(15)5-8/h8-9H,3-7H2,1-2H3,(H,12,15). The molecule has 2 saturated heterocycles. The van der Waals surface area contributed by atoms with Crippen LogP contribution in [-0.4, -0.2) is 67.9 Å². The fraction of sp³-hybridized carbons (Fsp3) is 0.818. The highest BCUT2D eigenvalue weighted by molar-refractivity contribution is 7.89. The molecule has 0 spiro atoms. The van der Waals surface area contributed by atoms with E-state index in [2.05, 4.69) is 5.32 Å². The molecule has 2 fully saturated rings. The van der Waals surface area contributed by atoms with Gasteiger partial charge in [-0.25, -0.2) is 12.7 Å². The Kier molecular flexibility index (Phi) is 3.82. The number of carbonyl (C=O) groups excluding carboxylic acids is 2. The summed E-state index contributed by atoms with van der Waals surface area (Å²) in [5.41, 5.74) is 0. The van der Waals surface area contributed by atoms with Crippen LogP contribution < -0.4 is 5.32 Å². The lowest BCUT2D eigenvalue weighted by Gasteiger charge is -2.27. The molecule has 2 rings (SSSR count). The summed E-state index contributed by atoms with van der Waals surface area (Å²) in [6.45, 7) is 0.420. The molecule has 7 nitrogen and oxygen atoms in total. The van der Waals surface area contributed by atoms with Crippen LogP contribution in [0.3, 0.4) is 0 Å². The second-order valence-corrected chi connectivity index (χ2v) is 7.42. The number of sulfonamides is 1. The van der Waals surface area contributed by atoms with E-state index in [9.17, 15) is 18.0 Å². The van der Waals surface area contributed by atoms with E-state index in [0.29, 0.717) is 6.54 Å². The number of hydrogen-bond acceptors (Lipinski definition) is 4. The Balaban J connectivity index is 2.13. The van der Waals surface area contributed by atoms with E-state index < -0.39 is 21.7 Å². The average molecular weight is 289 g/mol. The van der Waals surface area contributed by atoms with Crippen molar-refractivity contribution in [2.75, 3.05) is 26.4 Å². The van der Waals surface area contributed by atoms with Crippen LogP contribution in [0, 0.1) is 0 Å². The van der Waals surface area contributed by atoms with Gasteiger partial charge in [0.25, 0.3) is 0 Å². The van der Waals surface area contributed by atoms with E-state index in [1.165, 1.54) is 14.1 Å². The monoisotopic (exact) mass is 289 g/mol. The smallest absolute Gasteiger partial charge is 0.239 e. The molecule has 0 aromatic heterocycles.